The molecule has 2 aliphatic heterocycles. The molecule has 0 atom stereocenters. The molecule has 0 saturated heterocycles. The van der Waals surface area contributed by atoms with Crippen molar-refractivity contribution in [1.82, 2.24) is 15.0 Å². The van der Waals surface area contributed by atoms with Crippen molar-refractivity contribution in [3.8, 4) is 78.7 Å². The maximum atomic E-state index is 5.51. The summed E-state index contributed by atoms with van der Waals surface area (Å²) in [5.41, 5.74) is 13.2. The lowest BCUT2D eigenvalue weighted by Gasteiger charge is -2.19. The fraction of sp³-hybridized carbons (Fsp3) is 0.0816. The van der Waals surface area contributed by atoms with Crippen molar-refractivity contribution in [3.63, 3.8) is 0 Å². The average molecular weight is 726 g/mol. The van der Waals surface area contributed by atoms with Gasteiger partial charge in [-0.25, -0.2) is 15.0 Å². The molecule has 54 heavy (non-hydrogen) atoms. The second kappa shape index (κ2) is 12.3. The Bertz CT molecular complexity index is 2590. The average Bonchev–Trinajstić information content (AvgIpc) is 3.61. The van der Waals surface area contributed by atoms with Gasteiger partial charge in [-0.1, -0.05) is 190 Å². The molecule has 0 saturated carbocycles. The van der Waals surface area contributed by atoms with E-state index in [1.165, 1.54) is 65.3 Å². The number of hydrogen-bond acceptors (Lipinski definition) is 3. The van der Waals surface area contributed by atoms with Crippen molar-refractivity contribution in [2.24, 2.45) is 0 Å². The van der Waals surface area contributed by atoms with Gasteiger partial charge in [0.15, 0.2) is 17.5 Å². The molecule has 0 N–H and O–H groups in total. The Morgan fingerprint density at radius 3 is 0.944 bits per heavy atom. The van der Waals surface area contributed by atoms with Crippen molar-refractivity contribution in [2.45, 2.75) is 26.2 Å². The molecule has 0 spiro atoms. The quantitative estimate of drug-likeness (QED) is 0.166. The summed E-state index contributed by atoms with van der Waals surface area (Å²) >= 11 is 0. The van der Waals surface area contributed by atoms with Crippen molar-refractivity contribution in [3.05, 3.63) is 164 Å². The molecule has 0 unspecified atom stereocenters. The summed E-state index contributed by atoms with van der Waals surface area (Å²) in [7, 11) is -4.08. The summed E-state index contributed by atoms with van der Waals surface area (Å²) in [4.78, 5) is 16.2. The van der Waals surface area contributed by atoms with E-state index < -0.39 is 16.1 Å². The van der Waals surface area contributed by atoms with Gasteiger partial charge in [0.05, 0.1) is 0 Å². The molecule has 10 rings (SSSR count). The van der Waals surface area contributed by atoms with E-state index >= 15 is 0 Å². The van der Waals surface area contributed by atoms with Gasteiger partial charge in [0.1, 0.15) is 16.1 Å². The van der Waals surface area contributed by atoms with E-state index in [0.717, 1.165) is 16.7 Å². The first kappa shape index (κ1) is 32.6. The molecule has 8 aromatic rings. The third-order valence-corrected chi connectivity index (χ3v) is 18.8. The van der Waals surface area contributed by atoms with E-state index in [1.807, 2.05) is 6.07 Å². The standard InChI is InChI=1S/C49H39N3Si2/c1-53(2)39-28-14-24-35(32-18-8-5-9-19-32)43(39)45-37(26-16-30-41(45)53)48-50-47(34-22-12-7-13-23-34)51-49(52-48)38-27-17-31-42-46(38)44-36(33-20-10-6-11-21-33)25-15-29-40(44)54(42,3)4/h5-31H,1-4H3. The SMILES string of the molecule is C[Si]1(C)c2cccc(-c3ccccc3)c2-c2c(-c3nc(-c4ccccc4)nc(-c4cccc5c4-c4c(-c6ccccc6)cccc4[Si]5(C)C)n3)cccc21. The number of benzene rings is 7. The maximum Gasteiger partial charge on any atom is 0.164 e. The van der Waals surface area contributed by atoms with Gasteiger partial charge in [0.25, 0.3) is 0 Å². The minimum atomic E-state index is -2.04. The Hall–Kier alpha value is -6.02. The van der Waals surface area contributed by atoms with Crippen LogP contribution in [0.15, 0.2) is 164 Å². The lowest BCUT2D eigenvalue weighted by molar-refractivity contribution is 1.08. The monoisotopic (exact) mass is 725 g/mol. The Morgan fingerprint density at radius 2 is 0.574 bits per heavy atom. The minimum Gasteiger partial charge on any atom is -0.208 e. The van der Waals surface area contributed by atoms with Crippen LogP contribution in [0.25, 0.3) is 78.7 Å². The Morgan fingerprint density at radius 1 is 0.278 bits per heavy atom. The summed E-state index contributed by atoms with van der Waals surface area (Å²) in [6.07, 6.45) is 0. The van der Waals surface area contributed by atoms with Crippen LogP contribution in [0.4, 0.5) is 0 Å². The lowest BCUT2D eigenvalue weighted by Crippen LogP contribution is -2.49. The predicted octanol–water partition coefficient (Wildman–Crippen LogP) is 9.81. The highest BCUT2D eigenvalue weighted by atomic mass is 28.3. The van der Waals surface area contributed by atoms with Crippen LogP contribution in [-0.2, 0) is 0 Å². The van der Waals surface area contributed by atoms with Gasteiger partial charge in [-0.15, -0.1) is 0 Å². The van der Waals surface area contributed by atoms with Crippen LogP contribution in [0.2, 0.25) is 26.2 Å². The number of fused-ring (bicyclic) bond motifs is 6. The van der Waals surface area contributed by atoms with E-state index in [-0.39, 0.29) is 0 Å². The summed E-state index contributed by atoms with van der Waals surface area (Å²) in [6, 6.07) is 59.3. The van der Waals surface area contributed by atoms with Crippen molar-refractivity contribution in [2.75, 3.05) is 0 Å². The molecule has 0 aliphatic carbocycles. The van der Waals surface area contributed by atoms with Crippen molar-refractivity contribution >= 4 is 36.9 Å². The Labute approximate surface area is 319 Å². The summed E-state index contributed by atoms with van der Waals surface area (Å²) in [5, 5.41) is 5.77. The molecular weight excluding hydrogens is 687 g/mol. The van der Waals surface area contributed by atoms with Gasteiger partial charge in [-0.05, 0) is 65.3 Å². The number of aromatic nitrogens is 3. The molecule has 0 amide bonds. The first-order valence-electron chi connectivity index (χ1n) is 18.8. The smallest absolute Gasteiger partial charge is 0.164 e. The predicted molar refractivity (Wildman–Crippen MR) is 231 cm³/mol. The molecule has 0 radical (unpaired) electrons. The molecule has 3 nitrogen and oxygen atoms in total. The van der Waals surface area contributed by atoms with Gasteiger partial charge < -0.3 is 0 Å². The highest BCUT2D eigenvalue weighted by molar-refractivity contribution is 7.04. The van der Waals surface area contributed by atoms with Crippen LogP contribution in [0.3, 0.4) is 0 Å². The molecule has 0 fully saturated rings. The summed E-state index contributed by atoms with van der Waals surface area (Å²) in [6.45, 7) is 9.91. The zero-order chi connectivity index (χ0) is 36.6. The first-order valence-corrected chi connectivity index (χ1v) is 24.8. The fourth-order valence-corrected chi connectivity index (χ4v) is 15.3. The Balaban J connectivity index is 1.26. The number of nitrogens with zero attached hydrogens (tertiary/aromatic N) is 3. The largest absolute Gasteiger partial charge is 0.208 e. The highest BCUT2D eigenvalue weighted by Gasteiger charge is 2.42. The zero-order valence-electron chi connectivity index (χ0n) is 30.9. The highest BCUT2D eigenvalue weighted by Crippen LogP contribution is 2.44. The third-order valence-electron chi connectivity index (χ3n) is 11.8. The molecule has 258 valence electrons. The second-order valence-electron chi connectivity index (χ2n) is 15.6. The van der Waals surface area contributed by atoms with Crippen molar-refractivity contribution < 1.29 is 0 Å². The zero-order valence-corrected chi connectivity index (χ0v) is 32.9. The van der Waals surface area contributed by atoms with E-state index in [0.29, 0.717) is 17.5 Å². The number of rotatable bonds is 5. The first-order chi connectivity index (χ1) is 26.3. The van der Waals surface area contributed by atoms with Crippen LogP contribution in [-0.4, -0.2) is 31.1 Å². The van der Waals surface area contributed by atoms with E-state index in [4.69, 9.17) is 15.0 Å². The number of hydrogen-bond donors (Lipinski definition) is 0. The molecule has 2 aliphatic rings. The van der Waals surface area contributed by atoms with Crippen LogP contribution < -0.4 is 20.7 Å². The minimum absolute atomic E-state index is 0.683. The van der Waals surface area contributed by atoms with Crippen LogP contribution >= 0.6 is 0 Å². The van der Waals surface area contributed by atoms with Crippen LogP contribution in [0, 0.1) is 0 Å². The van der Waals surface area contributed by atoms with Gasteiger partial charge in [0.2, 0.25) is 0 Å². The third kappa shape index (κ3) is 4.89. The maximum absolute atomic E-state index is 5.51. The van der Waals surface area contributed by atoms with E-state index in [9.17, 15) is 0 Å². The second-order valence-corrected chi connectivity index (χ2v) is 24.2. The molecule has 0 bridgehead atoms. The Kier molecular flexibility index (Phi) is 7.41. The fourth-order valence-electron chi connectivity index (χ4n) is 9.08. The molecule has 7 aromatic carbocycles. The van der Waals surface area contributed by atoms with Crippen molar-refractivity contribution in [1.29, 1.82) is 0 Å². The topological polar surface area (TPSA) is 38.7 Å². The van der Waals surface area contributed by atoms with Gasteiger partial charge in [0, 0.05) is 16.7 Å². The van der Waals surface area contributed by atoms with Crippen LogP contribution in [0.1, 0.15) is 0 Å². The summed E-state index contributed by atoms with van der Waals surface area (Å²) in [5.74, 6) is 2.10. The molecule has 3 heterocycles. The summed E-state index contributed by atoms with van der Waals surface area (Å²) < 4.78 is 0. The molecular formula is C49H39N3Si2. The van der Waals surface area contributed by atoms with Crippen LogP contribution in [0.5, 0.6) is 0 Å². The van der Waals surface area contributed by atoms with E-state index in [1.54, 1.807) is 0 Å². The normalized spacial score (nSPS) is 14.2. The van der Waals surface area contributed by atoms with Gasteiger partial charge in [-0.2, -0.15) is 0 Å². The molecule has 1 aromatic heterocycles. The lowest BCUT2D eigenvalue weighted by atomic mass is 9.91. The van der Waals surface area contributed by atoms with Gasteiger partial charge in [-0.3, -0.25) is 0 Å². The van der Waals surface area contributed by atoms with E-state index in [2.05, 4.69) is 184 Å². The molecule has 5 heteroatoms. The van der Waals surface area contributed by atoms with Gasteiger partial charge >= 0.3 is 0 Å².